The first-order valence-electron chi connectivity index (χ1n) is 7.38. The Hall–Kier alpha value is -1.57. The van der Waals surface area contributed by atoms with E-state index in [4.69, 9.17) is 23.8 Å². The van der Waals surface area contributed by atoms with Crippen molar-refractivity contribution in [1.29, 1.82) is 0 Å². The van der Waals surface area contributed by atoms with Gasteiger partial charge in [0.25, 0.3) is 0 Å². The van der Waals surface area contributed by atoms with Gasteiger partial charge in [-0.1, -0.05) is 18.2 Å². The van der Waals surface area contributed by atoms with E-state index in [1.807, 2.05) is 18.2 Å². The first kappa shape index (κ1) is 19.5. The topological polar surface area (TPSA) is 132 Å². The summed E-state index contributed by atoms with van der Waals surface area (Å²) in [6.07, 6.45) is 0.931. The first-order valence-corrected chi connectivity index (χ1v) is 8.84. The van der Waals surface area contributed by atoms with E-state index in [9.17, 15) is 0 Å². The molecule has 0 aliphatic carbocycles. The summed E-state index contributed by atoms with van der Waals surface area (Å²) in [5.41, 5.74) is 1.11. The lowest BCUT2D eigenvalue weighted by Gasteiger charge is -2.36. The van der Waals surface area contributed by atoms with Crippen LogP contribution in [0.5, 0.6) is 0 Å². The molecule has 2 rings (SSSR count). The van der Waals surface area contributed by atoms with Gasteiger partial charge >= 0.3 is 11.7 Å². The number of phosphoric acid groups is 1. The van der Waals surface area contributed by atoms with Crippen LogP contribution in [0.4, 0.5) is 0 Å². The SMILES string of the molecule is CC[NH+](CC)CCc1[nH+]c(-c2ccccc2)[nH+]o1.O=P([O-])([O-])[O-]. The van der Waals surface area contributed by atoms with Crippen molar-refractivity contribution < 1.29 is 38.8 Å². The van der Waals surface area contributed by atoms with Crippen molar-refractivity contribution in [3.05, 3.63) is 36.2 Å². The molecule has 128 valence electrons. The summed E-state index contributed by atoms with van der Waals surface area (Å²) >= 11 is 0. The van der Waals surface area contributed by atoms with Gasteiger partial charge in [0.2, 0.25) is 0 Å². The van der Waals surface area contributed by atoms with Gasteiger partial charge in [-0.25, -0.2) is 0 Å². The maximum Gasteiger partial charge on any atom is 0.492 e. The predicted molar refractivity (Wildman–Crippen MR) is 75.5 cm³/mol. The molecular formula is C14H22N3O5P. The van der Waals surface area contributed by atoms with Crippen LogP contribution < -0.4 is 29.7 Å². The third-order valence-corrected chi connectivity index (χ3v) is 3.31. The molecule has 0 fully saturated rings. The second kappa shape index (κ2) is 9.54. The highest BCUT2D eigenvalue weighted by Crippen LogP contribution is 2.08. The maximum atomic E-state index is 8.55. The molecule has 0 aliphatic rings. The normalized spacial score (nSPS) is 11.2. The summed E-state index contributed by atoms with van der Waals surface area (Å²) < 4.78 is 14.0. The van der Waals surface area contributed by atoms with Crippen LogP contribution in [0.15, 0.2) is 34.9 Å². The zero-order valence-electron chi connectivity index (χ0n) is 13.2. The smallest absolute Gasteiger partial charge is 0.492 e. The largest absolute Gasteiger partial charge is 0.822 e. The number of likely N-dealkylation sites (N-methyl/N-ethyl adjacent to an activating group) is 1. The number of quaternary nitrogens is 1. The Morgan fingerprint density at radius 1 is 1.13 bits per heavy atom. The molecule has 0 aliphatic heterocycles. The lowest BCUT2D eigenvalue weighted by Crippen LogP contribution is -3.11. The van der Waals surface area contributed by atoms with Crippen molar-refractivity contribution in [2.24, 2.45) is 0 Å². The fourth-order valence-corrected chi connectivity index (χ4v) is 2.05. The molecule has 0 spiro atoms. The van der Waals surface area contributed by atoms with Crippen molar-refractivity contribution in [1.82, 2.24) is 0 Å². The standard InChI is InChI=1S/C14H19N3O.H3O4P/c1-3-17(4-2)11-10-13-15-14(16-18-13)12-8-6-5-7-9-12;1-5(2,3)4/h5-9H,3-4,10-11H2,1-2H3;(H3,1,2,3,4). The lowest BCUT2D eigenvalue weighted by molar-refractivity contribution is -0.896. The number of nitrogens with one attached hydrogen (secondary N) is 3. The Morgan fingerprint density at radius 3 is 2.22 bits per heavy atom. The third kappa shape index (κ3) is 8.59. The van der Waals surface area contributed by atoms with E-state index < -0.39 is 7.82 Å². The summed E-state index contributed by atoms with van der Waals surface area (Å²) in [5, 5.41) is 2.94. The van der Waals surface area contributed by atoms with E-state index in [-0.39, 0.29) is 0 Å². The van der Waals surface area contributed by atoms with E-state index in [1.165, 1.54) is 0 Å². The molecule has 0 saturated heterocycles. The molecule has 1 aromatic carbocycles. The zero-order chi connectivity index (χ0) is 17.3. The summed E-state index contributed by atoms with van der Waals surface area (Å²) in [6.45, 7) is 7.84. The average molecular weight is 343 g/mol. The molecule has 1 aromatic heterocycles. The van der Waals surface area contributed by atoms with E-state index in [0.29, 0.717) is 0 Å². The molecule has 2 aromatic rings. The monoisotopic (exact) mass is 343 g/mol. The van der Waals surface area contributed by atoms with Crippen LogP contribution in [0.2, 0.25) is 0 Å². The second-order valence-electron chi connectivity index (χ2n) is 4.90. The molecular weight excluding hydrogens is 321 g/mol. The second-order valence-corrected chi connectivity index (χ2v) is 5.79. The number of hydrogen-bond acceptors (Lipinski definition) is 5. The number of aromatic nitrogens is 2. The minimum atomic E-state index is -5.39. The third-order valence-electron chi connectivity index (χ3n) is 3.31. The molecule has 0 atom stereocenters. The van der Waals surface area contributed by atoms with Crippen LogP contribution in [-0.2, 0) is 11.0 Å². The first-order chi connectivity index (χ1) is 10.8. The van der Waals surface area contributed by atoms with Crippen LogP contribution in [0.1, 0.15) is 19.7 Å². The van der Waals surface area contributed by atoms with Crippen LogP contribution in [-0.4, -0.2) is 19.6 Å². The minimum Gasteiger partial charge on any atom is -0.822 e. The molecule has 0 radical (unpaired) electrons. The molecule has 9 heteroatoms. The van der Waals surface area contributed by atoms with Crippen molar-refractivity contribution in [2.75, 3.05) is 19.6 Å². The molecule has 1 heterocycles. The molecule has 0 saturated carbocycles. The Balaban J connectivity index is 0.000000463. The Morgan fingerprint density at radius 2 is 1.70 bits per heavy atom. The van der Waals surface area contributed by atoms with E-state index >= 15 is 0 Å². The number of hydrogen-bond donors (Lipinski definition) is 1. The highest BCUT2D eigenvalue weighted by molar-refractivity contribution is 7.40. The zero-order valence-corrected chi connectivity index (χ0v) is 14.1. The fourth-order valence-electron chi connectivity index (χ4n) is 2.05. The minimum absolute atomic E-state index is 0.910. The quantitative estimate of drug-likeness (QED) is 0.567. The van der Waals surface area contributed by atoms with Crippen LogP contribution >= 0.6 is 7.82 Å². The molecule has 23 heavy (non-hydrogen) atoms. The van der Waals surface area contributed by atoms with Gasteiger partial charge in [-0.15, -0.1) is 4.98 Å². The van der Waals surface area contributed by atoms with Gasteiger partial charge in [-0.05, 0) is 26.0 Å². The fraction of sp³-hybridized carbons (Fsp3) is 0.429. The number of rotatable bonds is 6. The summed E-state index contributed by atoms with van der Waals surface area (Å²) in [7, 11) is -5.39. The number of benzene rings is 1. The Kier molecular flexibility index (Phi) is 8.08. The Labute approximate surface area is 135 Å². The lowest BCUT2D eigenvalue weighted by atomic mass is 10.2. The molecule has 0 unspecified atom stereocenters. The number of H-pyrrole nitrogens is 2. The summed E-state index contributed by atoms with van der Waals surface area (Å²) in [5.74, 6) is 1.84. The van der Waals surface area contributed by atoms with Crippen LogP contribution in [0.3, 0.4) is 0 Å². The van der Waals surface area contributed by atoms with Gasteiger partial charge in [0, 0.05) is 5.16 Å². The van der Waals surface area contributed by atoms with Crippen LogP contribution in [0.25, 0.3) is 11.4 Å². The number of aromatic amines is 2. The van der Waals surface area contributed by atoms with Crippen molar-refractivity contribution in [3.63, 3.8) is 0 Å². The average Bonchev–Trinajstić information content (AvgIpc) is 2.96. The van der Waals surface area contributed by atoms with Gasteiger partial charge in [0.15, 0.2) is 0 Å². The van der Waals surface area contributed by atoms with Gasteiger partial charge in [0.05, 0.1) is 19.6 Å². The predicted octanol–water partition coefficient (Wildman–Crippen LogP) is -2.78. The van der Waals surface area contributed by atoms with Crippen molar-refractivity contribution in [2.45, 2.75) is 20.3 Å². The van der Waals surface area contributed by atoms with Gasteiger partial charge in [0.1, 0.15) is 12.0 Å². The molecule has 3 N–H and O–H groups in total. The van der Waals surface area contributed by atoms with Crippen molar-refractivity contribution >= 4 is 7.82 Å². The van der Waals surface area contributed by atoms with Gasteiger partial charge < -0.3 is 24.1 Å². The Bertz CT molecular complexity index is 602. The summed E-state index contributed by atoms with van der Waals surface area (Å²) in [4.78, 5) is 30.5. The van der Waals surface area contributed by atoms with E-state index in [0.717, 1.165) is 43.3 Å². The van der Waals surface area contributed by atoms with Gasteiger partial charge in [-0.2, -0.15) is 12.3 Å². The van der Waals surface area contributed by atoms with Gasteiger partial charge in [-0.3, -0.25) is 0 Å². The van der Waals surface area contributed by atoms with E-state index in [1.54, 1.807) is 4.90 Å². The van der Waals surface area contributed by atoms with Crippen LogP contribution in [0, 0.1) is 0 Å². The van der Waals surface area contributed by atoms with E-state index in [2.05, 4.69) is 36.1 Å². The molecule has 0 amide bonds. The van der Waals surface area contributed by atoms with Crippen molar-refractivity contribution in [3.8, 4) is 11.4 Å². The molecule has 0 bridgehead atoms. The molecule has 8 nitrogen and oxygen atoms in total. The summed E-state index contributed by atoms with van der Waals surface area (Å²) in [6, 6.07) is 10.1. The maximum absolute atomic E-state index is 8.55. The highest BCUT2D eigenvalue weighted by Gasteiger charge is 2.22. The highest BCUT2D eigenvalue weighted by atomic mass is 31.2.